The van der Waals surface area contributed by atoms with E-state index < -0.39 is 0 Å². The van der Waals surface area contributed by atoms with Gasteiger partial charge in [0.1, 0.15) is 16.6 Å². The van der Waals surface area contributed by atoms with Gasteiger partial charge in [-0.25, -0.2) is 9.78 Å². The quantitative estimate of drug-likeness (QED) is 0.617. The maximum Gasteiger partial charge on any atom is 0.338 e. The number of hydrogen-bond acceptors (Lipinski definition) is 6. The number of aromatic nitrogens is 1. The SMILES string of the molecule is CCCOC(=O)c1ccc(N2CC(O)=C(c3nc4ccccc4s3)C2=N)cc1. The molecule has 0 fully saturated rings. The first-order chi connectivity index (χ1) is 13.6. The highest BCUT2D eigenvalue weighted by molar-refractivity contribution is 7.19. The Kier molecular flexibility index (Phi) is 4.83. The molecule has 0 saturated heterocycles. The average molecular weight is 393 g/mol. The highest BCUT2D eigenvalue weighted by Gasteiger charge is 2.31. The minimum atomic E-state index is -0.360. The zero-order valence-electron chi connectivity index (χ0n) is 15.3. The molecule has 2 N–H and O–H groups in total. The number of carbonyl (C=O) groups is 1. The fourth-order valence-electron chi connectivity index (χ4n) is 3.06. The fourth-order valence-corrected chi connectivity index (χ4v) is 4.09. The molecule has 1 aromatic heterocycles. The topological polar surface area (TPSA) is 86.5 Å². The number of benzene rings is 2. The van der Waals surface area contributed by atoms with E-state index in [0.29, 0.717) is 22.8 Å². The van der Waals surface area contributed by atoms with Crippen molar-refractivity contribution in [2.45, 2.75) is 13.3 Å². The lowest BCUT2D eigenvalue weighted by atomic mass is 10.2. The number of anilines is 1. The zero-order chi connectivity index (χ0) is 19.7. The first-order valence-corrected chi connectivity index (χ1v) is 9.82. The maximum atomic E-state index is 11.9. The molecule has 0 radical (unpaired) electrons. The van der Waals surface area contributed by atoms with E-state index in [-0.39, 0.29) is 24.1 Å². The summed E-state index contributed by atoms with van der Waals surface area (Å²) < 4.78 is 6.15. The number of amidine groups is 1. The van der Waals surface area contributed by atoms with Crippen molar-refractivity contribution in [3.05, 3.63) is 64.9 Å². The van der Waals surface area contributed by atoms with Gasteiger partial charge in [-0.1, -0.05) is 19.1 Å². The molecule has 2 heterocycles. The summed E-state index contributed by atoms with van der Waals surface area (Å²) >= 11 is 1.46. The molecule has 0 aliphatic carbocycles. The molecule has 3 aromatic rings. The Morgan fingerprint density at radius 2 is 2.00 bits per heavy atom. The van der Waals surface area contributed by atoms with Gasteiger partial charge in [0.05, 0.1) is 34.5 Å². The molecule has 6 nitrogen and oxygen atoms in total. The highest BCUT2D eigenvalue weighted by Crippen LogP contribution is 2.35. The maximum absolute atomic E-state index is 11.9. The number of nitrogens with one attached hydrogen (secondary N) is 1. The molecule has 1 aliphatic heterocycles. The number of para-hydroxylation sites is 1. The number of carbonyl (C=O) groups excluding carboxylic acids is 1. The molecule has 0 spiro atoms. The Morgan fingerprint density at radius 3 is 2.71 bits per heavy atom. The van der Waals surface area contributed by atoms with Crippen molar-refractivity contribution in [3.8, 4) is 0 Å². The van der Waals surface area contributed by atoms with Crippen molar-refractivity contribution < 1.29 is 14.6 Å². The molecule has 7 heteroatoms. The third-order valence-electron chi connectivity index (χ3n) is 4.46. The van der Waals surface area contributed by atoms with E-state index in [4.69, 9.17) is 10.1 Å². The molecule has 0 amide bonds. The number of thiazole rings is 1. The predicted octanol–water partition coefficient (Wildman–Crippen LogP) is 4.63. The van der Waals surface area contributed by atoms with Crippen molar-refractivity contribution in [2.75, 3.05) is 18.1 Å². The largest absolute Gasteiger partial charge is 0.510 e. The second kappa shape index (κ2) is 7.44. The molecular formula is C21H19N3O3S. The molecule has 2 aromatic carbocycles. The summed E-state index contributed by atoms with van der Waals surface area (Å²) in [4.78, 5) is 18.2. The van der Waals surface area contributed by atoms with E-state index in [9.17, 15) is 9.90 Å². The molecule has 0 unspecified atom stereocenters. The van der Waals surface area contributed by atoms with Crippen molar-refractivity contribution in [2.24, 2.45) is 0 Å². The van der Waals surface area contributed by atoms with Gasteiger partial charge in [0.15, 0.2) is 0 Å². The van der Waals surface area contributed by atoms with Gasteiger partial charge in [-0.15, -0.1) is 11.3 Å². The van der Waals surface area contributed by atoms with Crippen LogP contribution in [0.15, 0.2) is 54.3 Å². The van der Waals surface area contributed by atoms with E-state index in [0.717, 1.165) is 22.3 Å². The number of hydrogen-bond donors (Lipinski definition) is 2. The van der Waals surface area contributed by atoms with E-state index in [1.807, 2.05) is 31.2 Å². The summed E-state index contributed by atoms with van der Waals surface area (Å²) in [5.41, 5.74) is 2.49. The van der Waals surface area contributed by atoms with Gasteiger partial charge in [-0.2, -0.15) is 0 Å². The average Bonchev–Trinajstić information content (AvgIpc) is 3.26. The van der Waals surface area contributed by atoms with Gasteiger partial charge < -0.3 is 14.7 Å². The molecule has 0 bridgehead atoms. The van der Waals surface area contributed by atoms with Crippen LogP contribution in [0.1, 0.15) is 28.7 Å². The van der Waals surface area contributed by atoms with Crippen LogP contribution in [0.25, 0.3) is 15.8 Å². The van der Waals surface area contributed by atoms with Gasteiger partial charge in [0, 0.05) is 5.69 Å². The Morgan fingerprint density at radius 1 is 1.25 bits per heavy atom. The van der Waals surface area contributed by atoms with Crippen molar-refractivity contribution in [1.82, 2.24) is 4.98 Å². The summed E-state index contributed by atoms with van der Waals surface area (Å²) in [7, 11) is 0. The van der Waals surface area contributed by atoms with E-state index in [1.165, 1.54) is 11.3 Å². The number of fused-ring (bicyclic) bond motifs is 1. The Hall–Kier alpha value is -3.19. The van der Waals surface area contributed by atoms with E-state index >= 15 is 0 Å². The number of aliphatic hydroxyl groups excluding tert-OH is 1. The smallest absolute Gasteiger partial charge is 0.338 e. The van der Waals surface area contributed by atoms with Gasteiger partial charge in [-0.3, -0.25) is 5.41 Å². The molecule has 28 heavy (non-hydrogen) atoms. The van der Waals surface area contributed by atoms with Crippen LogP contribution in [-0.2, 0) is 4.74 Å². The van der Waals surface area contributed by atoms with Crippen molar-refractivity contribution in [3.63, 3.8) is 0 Å². The number of esters is 1. The second-order valence-electron chi connectivity index (χ2n) is 6.43. The lowest BCUT2D eigenvalue weighted by molar-refractivity contribution is 0.0505. The predicted molar refractivity (Wildman–Crippen MR) is 111 cm³/mol. The van der Waals surface area contributed by atoms with Crippen LogP contribution in [0.3, 0.4) is 0 Å². The Labute approximate surface area is 166 Å². The Balaban J connectivity index is 1.57. The number of ether oxygens (including phenoxy) is 1. The van der Waals surface area contributed by atoms with Crippen LogP contribution in [0.2, 0.25) is 0 Å². The number of rotatable bonds is 5. The van der Waals surface area contributed by atoms with E-state index in [2.05, 4.69) is 4.98 Å². The summed E-state index contributed by atoms with van der Waals surface area (Å²) in [6, 6.07) is 14.6. The summed E-state index contributed by atoms with van der Waals surface area (Å²) in [6.07, 6.45) is 0.772. The van der Waals surface area contributed by atoms with Crippen LogP contribution in [-0.4, -0.2) is 35.0 Å². The first kappa shape index (κ1) is 18.2. The van der Waals surface area contributed by atoms with Gasteiger partial charge in [0.25, 0.3) is 0 Å². The van der Waals surface area contributed by atoms with Crippen LogP contribution in [0.4, 0.5) is 5.69 Å². The minimum absolute atomic E-state index is 0.121. The van der Waals surface area contributed by atoms with Crippen LogP contribution < -0.4 is 4.90 Å². The Bertz CT molecular complexity index is 1050. The molecule has 0 atom stereocenters. The van der Waals surface area contributed by atoms with Crippen molar-refractivity contribution >= 4 is 44.6 Å². The van der Waals surface area contributed by atoms with Crippen molar-refractivity contribution in [1.29, 1.82) is 5.41 Å². The molecule has 142 valence electrons. The third kappa shape index (κ3) is 3.25. The lowest BCUT2D eigenvalue weighted by Gasteiger charge is -2.18. The molecular weight excluding hydrogens is 374 g/mol. The summed E-state index contributed by atoms with van der Waals surface area (Å²) in [6.45, 7) is 2.53. The van der Waals surface area contributed by atoms with E-state index in [1.54, 1.807) is 29.2 Å². The van der Waals surface area contributed by atoms with Crippen LogP contribution >= 0.6 is 11.3 Å². The van der Waals surface area contributed by atoms with Crippen LogP contribution in [0, 0.1) is 5.41 Å². The standard InChI is InChI=1S/C21H19N3O3S/c1-2-11-27-21(26)13-7-9-14(10-8-13)24-12-16(25)18(19(24)22)20-23-15-5-3-4-6-17(15)28-20/h3-10,22,25H,2,11-12H2,1H3. The number of nitrogens with zero attached hydrogens (tertiary/aromatic N) is 2. The minimum Gasteiger partial charge on any atom is -0.510 e. The third-order valence-corrected chi connectivity index (χ3v) is 5.52. The zero-order valence-corrected chi connectivity index (χ0v) is 16.1. The second-order valence-corrected chi connectivity index (χ2v) is 7.46. The van der Waals surface area contributed by atoms with Crippen LogP contribution in [0.5, 0.6) is 0 Å². The fraction of sp³-hybridized carbons (Fsp3) is 0.190. The number of aliphatic hydroxyl groups is 1. The molecule has 0 saturated carbocycles. The molecule has 1 aliphatic rings. The summed E-state index contributed by atoms with van der Waals surface area (Å²) in [5.74, 6) is -0.0469. The van der Waals surface area contributed by atoms with Gasteiger partial charge in [-0.05, 0) is 42.8 Å². The van der Waals surface area contributed by atoms with Gasteiger partial charge in [0.2, 0.25) is 0 Å². The highest BCUT2D eigenvalue weighted by atomic mass is 32.1. The normalized spacial score (nSPS) is 14.2. The summed E-state index contributed by atoms with van der Waals surface area (Å²) in [5, 5.41) is 19.7. The van der Waals surface area contributed by atoms with Gasteiger partial charge >= 0.3 is 5.97 Å². The first-order valence-electron chi connectivity index (χ1n) is 9.00. The lowest BCUT2D eigenvalue weighted by Crippen LogP contribution is -2.26. The monoisotopic (exact) mass is 393 g/mol. The molecule has 4 rings (SSSR count).